The van der Waals surface area contributed by atoms with Gasteiger partial charge in [0.05, 0.1) is 63.7 Å². The monoisotopic (exact) mass is 248 g/mol. The summed E-state index contributed by atoms with van der Waals surface area (Å²) in [5.74, 6) is 0. The van der Waals surface area contributed by atoms with Gasteiger partial charge in [0.15, 0.2) is 0 Å². The summed E-state index contributed by atoms with van der Waals surface area (Å²) >= 11 is 0. The average Bonchev–Trinajstić information content (AvgIpc) is 2.41. The maximum absolute atomic E-state index is 10.7. The fraction of sp³-hybridized carbons (Fsp3) is 1.00. The maximum atomic E-state index is 10.7. The van der Waals surface area contributed by atoms with Crippen molar-refractivity contribution < 1.29 is 35.4 Å². The molecule has 0 aliphatic heterocycles. The minimum atomic E-state index is -1.56. The molecule has 0 saturated carbocycles. The molecule has 0 aliphatic carbocycles. The van der Waals surface area contributed by atoms with Crippen LogP contribution in [0.1, 0.15) is 0 Å². The normalized spacial score (nSPS) is 13.1. The van der Waals surface area contributed by atoms with Gasteiger partial charge in [-0.25, -0.2) is 30.6 Å². The Morgan fingerprint density at radius 2 is 0.765 bits per heavy atom. The van der Waals surface area contributed by atoms with E-state index in [2.05, 4.69) is 0 Å². The van der Waals surface area contributed by atoms with Crippen molar-refractivity contribution in [1.29, 1.82) is 0 Å². The zero-order valence-electron chi connectivity index (χ0n) is 9.51. The van der Waals surface area contributed by atoms with E-state index in [1.807, 2.05) is 0 Å². The predicted molar refractivity (Wildman–Crippen MR) is 49.0 cm³/mol. The van der Waals surface area contributed by atoms with Gasteiger partial charge in [-0.3, -0.25) is 0 Å². The third-order valence-corrected chi connectivity index (χ3v) is 2.65. The zero-order valence-corrected chi connectivity index (χ0v) is 9.51. The SMILES string of the molecule is [O]CC(C[O])(C[O])COCC(C[O])(C[O])C[O]. The van der Waals surface area contributed by atoms with Crippen LogP contribution in [0.5, 0.6) is 0 Å². The van der Waals surface area contributed by atoms with Crippen LogP contribution in [0, 0.1) is 10.8 Å². The number of rotatable bonds is 10. The molecule has 0 rings (SSSR count). The van der Waals surface area contributed by atoms with E-state index in [1.54, 1.807) is 0 Å². The summed E-state index contributed by atoms with van der Waals surface area (Å²) in [5, 5.41) is 64.3. The second kappa shape index (κ2) is 7.93. The standard InChI is InChI=1S/C10H16O7/c11-1-9(2-12,3-13)7-17-8-10(4-14,5-15)6-16/h1-8H2. The smallest absolute Gasteiger partial charge is 0.0947 e. The van der Waals surface area contributed by atoms with Crippen LogP contribution in [-0.2, 0) is 35.4 Å². The highest BCUT2D eigenvalue weighted by Crippen LogP contribution is 2.20. The number of hydrogen-bond donors (Lipinski definition) is 0. The molecule has 0 amide bonds. The largest absolute Gasteiger partial charge is 0.380 e. The lowest BCUT2D eigenvalue weighted by Gasteiger charge is -2.28. The topological polar surface area (TPSA) is 129 Å². The van der Waals surface area contributed by atoms with E-state index in [4.69, 9.17) is 4.74 Å². The fourth-order valence-corrected chi connectivity index (χ4v) is 0.984. The van der Waals surface area contributed by atoms with Crippen LogP contribution in [-0.4, -0.2) is 52.9 Å². The van der Waals surface area contributed by atoms with E-state index in [9.17, 15) is 30.6 Å². The number of ether oxygens (including phenoxy) is 1. The van der Waals surface area contributed by atoms with Gasteiger partial charge in [-0.05, 0) is 0 Å². The Hall–Kier alpha value is -0.280. The van der Waals surface area contributed by atoms with Crippen molar-refractivity contribution >= 4 is 0 Å². The van der Waals surface area contributed by atoms with E-state index in [-0.39, 0.29) is 0 Å². The van der Waals surface area contributed by atoms with Crippen LogP contribution in [0.15, 0.2) is 0 Å². The Morgan fingerprint density at radius 3 is 0.941 bits per heavy atom. The molecule has 0 N–H and O–H groups in total. The lowest BCUT2D eigenvalue weighted by molar-refractivity contribution is -0.139. The van der Waals surface area contributed by atoms with E-state index in [1.165, 1.54) is 0 Å². The van der Waals surface area contributed by atoms with Gasteiger partial charge in [-0.15, -0.1) is 0 Å². The highest BCUT2D eigenvalue weighted by molar-refractivity contribution is 4.79. The molecule has 0 unspecified atom stereocenters. The molecule has 0 bridgehead atoms. The van der Waals surface area contributed by atoms with Crippen LogP contribution in [0.25, 0.3) is 0 Å². The van der Waals surface area contributed by atoms with Crippen molar-refractivity contribution in [1.82, 2.24) is 0 Å². The maximum Gasteiger partial charge on any atom is 0.0947 e. The van der Waals surface area contributed by atoms with Crippen LogP contribution in [0.3, 0.4) is 0 Å². The van der Waals surface area contributed by atoms with Gasteiger partial charge in [0.25, 0.3) is 0 Å². The molecule has 7 nitrogen and oxygen atoms in total. The summed E-state index contributed by atoms with van der Waals surface area (Å²) in [6, 6.07) is 0. The molecule has 0 aromatic heterocycles. The van der Waals surface area contributed by atoms with Gasteiger partial charge in [-0.2, -0.15) is 0 Å². The van der Waals surface area contributed by atoms with E-state index in [0.717, 1.165) is 0 Å². The molecule has 0 saturated heterocycles. The summed E-state index contributed by atoms with van der Waals surface area (Å²) in [6.07, 6.45) is 0. The first kappa shape index (κ1) is 16.7. The molecule has 98 valence electrons. The molecular formula is C10H16O7. The highest BCUT2D eigenvalue weighted by atomic mass is 16.5. The first-order valence-electron chi connectivity index (χ1n) is 5.14. The van der Waals surface area contributed by atoms with E-state index < -0.39 is 63.7 Å². The Morgan fingerprint density at radius 1 is 0.529 bits per heavy atom. The molecule has 0 aromatic carbocycles. The molecule has 0 heterocycles. The second-order valence-corrected chi connectivity index (χ2v) is 4.36. The van der Waals surface area contributed by atoms with Crippen LogP contribution < -0.4 is 0 Å². The molecule has 7 heteroatoms. The summed E-state index contributed by atoms with van der Waals surface area (Å²) in [7, 11) is 0. The Bertz CT molecular complexity index is 153. The molecule has 0 spiro atoms. The predicted octanol–water partition coefficient (Wildman–Crippen LogP) is -0.441. The van der Waals surface area contributed by atoms with Gasteiger partial charge < -0.3 is 4.74 Å². The van der Waals surface area contributed by atoms with Crippen LogP contribution in [0.4, 0.5) is 0 Å². The van der Waals surface area contributed by atoms with Gasteiger partial charge in [0.1, 0.15) is 0 Å². The summed E-state index contributed by atoms with van der Waals surface area (Å²) in [6.45, 7) is -6.08. The molecule has 6 radical (unpaired) electrons. The van der Waals surface area contributed by atoms with Gasteiger partial charge in [0.2, 0.25) is 0 Å². The first-order valence-corrected chi connectivity index (χ1v) is 5.14. The van der Waals surface area contributed by atoms with Gasteiger partial charge in [-0.1, -0.05) is 0 Å². The lowest BCUT2D eigenvalue weighted by atomic mass is 9.91. The third-order valence-electron chi connectivity index (χ3n) is 2.65. The van der Waals surface area contributed by atoms with Crippen LogP contribution >= 0.6 is 0 Å². The van der Waals surface area contributed by atoms with Crippen molar-refractivity contribution in [2.24, 2.45) is 10.8 Å². The Labute approximate surface area is 99.9 Å². The lowest BCUT2D eigenvalue weighted by Crippen LogP contribution is -2.42. The highest BCUT2D eigenvalue weighted by Gasteiger charge is 2.35. The molecule has 0 fully saturated rings. The fourth-order valence-electron chi connectivity index (χ4n) is 0.984. The minimum absolute atomic E-state index is 0.411. The summed E-state index contributed by atoms with van der Waals surface area (Å²) < 4.78 is 4.91. The summed E-state index contributed by atoms with van der Waals surface area (Å²) in [5.41, 5.74) is -3.11. The summed E-state index contributed by atoms with van der Waals surface area (Å²) in [4.78, 5) is 0. The van der Waals surface area contributed by atoms with Crippen molar-refractivity contribution in [3.05, 3.63) is 0 Å². The zero-order chi connectivity index (χ0) is 13.4. The third kappa shape index (κ3) is 4.47. The average molecular weight is 248 g/mol. The quantitative estimate of drug-likeness (QED) is 0.510. The molecule has 0 aromatic rings. The molecule has 17 heavy (non-hydrogen) atoms. The molecule has 0 aliphatic rings. The van der Waals surface area contributed by atoms with Crippen LogP contribution in [0.2, 0.25) is 0 Å². The molecular weight excluding hydrogens is 232 g/mol. The van der Waals surface area contributed by atoms with E-state index >= 15 is 0 Å². The minimum Gasteiger partial charge on any atom is -0.380 e. The van der Waals surface area contributed by atoms with Crippen molar-refractivity contribution in [2.45, 2.75) is 0 Å². The van der Waals surface area contributed by atoms with Crippen molar-refractivity contribution in [2.75, 3.05) is 52.9 Å². The van der Waals surface area contributed by atoms with Crippen molar-refractivity contribution in [3.8, 4) is 0 Å². The Kier molecular flexibility index (Phi) is 7.80. The number of hydrogen-bond acceptors (Lipinski definition) is 1. The van der Waals surface area contributed by atoms with E-state index in [0.29, 0.717) is 0 Å². The Balaban J connectivity index is 4.28. The van der Waals surface area contributed by atoms with Gasteiger partial charge >= 0.3 is 0 Å². The van der Waals surface area contributed by atoms with Gasteiger partial charge in [0, 0.05) is 0 Å². The first-order chi connectivity index (χ1) is 8.07. The molecule has 0 atom stereocenters. The second-order valence-electron chi connectivity index (χ2n) is 4.36. The van der Waals surface area contributed by atoms with Crippen molar-refractivity contribution in [3.63, 3.8) is 0 Å².